The first kappa shape index (κ1) is 14.9. The van der Waals surface area contributed by atoms with Crippen LogP contribution in [0, 0.1) is 0 Å². The lowest BCUT2D eigenvalue weighted by Crippen LogP contribution is -2.29. The number of carbonyl (C=O) groups is 1. The first-order valence-corrected chi connectivity index (χ1v) is 7.50. The van der Waals surface area contributed by atoms with Crippen molar-refractivity contribution < 1.29 is 14.6 Å². The first-order valence-electron chi connectivity index (χ1n) is 7.12. The number of aliphatic hydroxyl groups is 1. The van der Waals surface area contributed by atoms with E-state index in [4.69, 9.17) is 16.3 Å². The smallest absolute Gasteiger partial charge is 0.254 e. The van der Waals surface area contributed by atoms with Gasteiger partial charge in [-0.05, 0) is 48.9 Å². The highest BCUT2D eigenvalue weighted by atomic mass is 35.5. The summed E-state index contributed by atoms with van der Waals surface area (Å²) in [5.41, 5.74) is 0.556. The fourth-order valence-corrected chi connectivity index (χ4v) is 2.57. The summed E-state index contributed by atoms with van der Waals surface area (Å²) in [6.45, 7) is 0.976. The first-order chi connectivity index (χ1) is 10.6. The van der Waals surface area contributed by atoms with E-state index in [0.717, 1.165) is 0 Å². The van der Waals surface area contributed by atoms with Crippen LogP contribution in [0.25, 0.3) is 0 Å². The van der Waals surface area contributed by atoms with Gasteiger partial charge >= 0.3 is 0 Å². The Labute approximate surface area is 133 Å². The molecule has 114 valence electrons. The number of amides is 1. The zero-order valence-electron chi connectivity index (χ0n) is 11.9. The second-order valence-corrected chi connectivity index (χ2v) is 5.71. The second kappa shape index (κ2) is 6.38. The standard InChI is InChI=1S/C17H16ClNO3/c18-13-4-6-15(7-5-13)22-16-3-1-2-12(10-16)17(21)19-9-8-14(20)11-19/h1-7,10,14,20H,8-9,11H2/t14-/m0/s1. The lowest BCUT2D eigenvalue weighted by molar-refractivity contribution is 0.0764. The minimum Gasteiger partial charge on any atom is -0.457 e. The predicted molar refractivity (Wildman–Crippen MR) is 84.5 cm³/mol. The van der Waals surface area contributed by atoms with Gasteiger partial charge in [0, 0.05) is 23.7 Å². The molecule has 0 aromatic heterocycles. The average molecular weight is 318 g/mol. The van der Waals surface area contributed by atoms with E-state index in [0.29, 0.717) is 41.6 Å². The van der Waals surface area contributed by atoms with Crippen LogP contribution in [0.15, 0.2) is 48.5 Å². The van der Waals surface area contributed by atoms with Crippen LogP contribution in [-0.4, -0.2) is 35.1 Å². The summed E-state index contributed by atoms with van der Waals surface area (Å²) < 4.78 is 5.73. The molecule has 1 heterocycles. The molecule has 22 heavy (non-hydrogen) atoms. The monoisotopic (exact) mass is 317 g/mol. The molecule has 1 N–H and O–H groups in total. The number of halogens is 1. The van der Waals surface area contributed by atoms with Gasteiger partial charge in [-0.3, -0.25) is 4.79 Å². The number of likely N-dealkylation sites (tertiary alicyclic amines) is 1. The number of carbonyl (C=O) groups excluding carboxylic acids is 1. The fourth-order valence-electron chi connectivity index (χ4n) is 2.44. The molecule has 0 radical (unpaired) electrons. The van der Waals surface area contributed by atoms with Crippen LogP contribution < -0.4 is 4.74 Å². The molecule has 5 heteroatoms. The van der Waals surface area contributed by atoms with Crippen LogP contribution in [0.1, 0.15) is 16.8 Å². The molecular formula is C17H16ClNO3. The van der Waals surface area contributed by atoms with Crippen molar-refractivity contribution in [3.05, 3.63) is 59.1 Å². The molecule has 1 saturated heterocycles. The number of rotatable bonds is 3. The van der Waals surface area contributed by atoms with Crippen LogP contribution >= 0.6 is 11.6 Å². The summed E-state index contributed by atoms with van der Waals surface area (Å²) in [6.07, 6.45) is 0.213. The molecule has 1 aliphatic heterocycles. The molecule has 1 aliphatic rings. The Bertz CT molecular complexity index is 672. The highest BCUT2D eigenvalue weighted by Crippen LogP contribution is 2.24. The van der Waals surface area contributed by atoms with Crippen LogP contribution in [0.4, 0.5) is 0 Å². The highest BCUT2D eigenvalue weighted by Gasteiger charge is 2.25. The number of ether oxygens (including phenoxy) is 1. The Morgan fingerprint density at radius 3 is 2.64 bits per heavy atom. The zero-order chi connectivity index (χ0) is 15.5. The lowest BCUT2D eigenvalue weighted by Gasteiger charge is -2.16. The van der Waals surface area contributed by atoms with Gasteiger partial charge in [0.2, 0.25) is 0 Å². The Morgan fingerprint density at radius 2 is 1.95 bits per heavy atom. The normalized spacial score (nSPS) is 17.5. The van der Waals surface area contributed by atoms with Gasteiger partial charge in [-0.2, -0.15) is 0 Å². The molecule has 3 rings (SSSR count). The van der Waals surface area contributed by atoms with Crippen molar-refractivity contribution in [3.63, 3.8) is 0 Å². The molecule has 0 saturated carbocycles. The molecule has 1 fully saturated rings. The van der Waals surface area contributed by atoms with Gasteiger partial charge in [0.15, 0.2) is 0 Å². The Balaban J connectivity index is 1.74. The van der Waals surface area contributed by atoms with E-state index in [1.807, 2.05) is 0 Å². The Kier molecular flexibility index (Phi) is 4.32. The van der Waals surface area contributed by atoms with Crippen LogP contribution in [-0.2, 0) is 0 Å². The van der Waals surface area contributed by atoms with Crippen molar-refractivity contribution in [1.82, 2.24) is 4.90 Å². The summed E-state index contributed by atoms with van der Waals surface area (Å²) in [6, 6.07) is 14.1. The maximum absolute atomic E-state index is 12.4. The Hall–Kier alpha value is -2.04. The number of nitrogens with zero attached hydrogens (tertiary/aromatic N) is 1. The minimum absolute atomic E-state index is 0.0851. The third-order valence-corrected chi connectivity index (χ3v) is 3.83. The van der Waals surface area contributed by atoms with Gasteiger partial charge in [0.05, 0.1) is 6.10 Å². The van der Waals surface area contributed by atoms with Crippen LogP contribution in [0.5, 0.6) is 11.5 Å². The summed E-state index contributed by atoms with van der Waals surface area (Å²) in [7, 11) is 0. The summed E-state index contributed by atoms with van der Waals surface area (Å²) in [5.74, 6) is 1.16. The van der Waals surface area contributed by atoms with E-state index in [9.17, 15) is 9.90 Å². The van der Waals surface area contributed by atoms with Gasteiger partial charge in [-0.1, -0.05) is 17.7 Å². The summed E-state index contributed by atoms with van der Waals surface area (Å²) >= 11 is 5.84. The van der Waals surface area contributed by atoms with Crippen molar-refractivity contribution in [2.45, 2.75) is 12.5 Å². The molecular weight excluding hydrogens is 302 g/mol. The van der Waals surface area contributed by atoms with E-state index in [2.05, 4.69) is 0 Å². The minimum atomic E-state index is -0.419. The molecule has 0 spiro atoms. The molecule has 2 aromatic carbocycles. The Morgan fingerprint density at radius 1 is 1.18 bits per heavy atom. The zero-order valence-corrected chi connectivity index (χ0v) is 12.7. The fraction of sp³-hybridized carbons (Fsp3) is 0.235. The third-order valence-electron chi connectivity index (χ3n) is 3.58. The lowest BCUT2D eigenvalue weighted by atomic mass is 10.2. The van der Waals surface area contributed by atoms with E-state index in [1.54, 1.807) is 53.4 Å². The molecule has 4 nitrogen and oxygen atoms in total. The van der Waals surface area contributed by atoms with Crippen molar-refractivity contribution in [3.8, 4) is 11.5 Å². The van der Waals surface area contributed by atoms with E-state index < -0.39 is 6.10 Å². The molecule has 1 atom stereocenters. The molecule has 0 unspecified atom stereocenters. The van der Waals surface area contributed by atoms with Crippen molar-refractivity contribution in [2.24, 2.45) is 0 Å². The molecule has 1 amide bonds. The van der Waals surface area contributed by atoms with Crippen LogP contribution in [0.3, 0.4) is 0 Å². The molecule has 2 aromatic rings. The maximum atomic E-state index is 12.4. The van der Waals surface area contributed by atoms with E-state index in [1.165, 1.54) is 0 Å². The second-order valence-electron chi connectivity index (χ2n) is 5.28. The quantitative estimate of drug-likeness (QED) is 0.944. The number of hydrogen-bond donors (Lipinski definition) is 1. The molecule has 0 aliphatic carbocycles. The number of β-amino-alcohol motifs (C(OH)–C–C–N with tert-alkyl or cyclic N) is 1. The van der Waals surface area contributed by atoms with Gasteiger partial charge < -0.3 is 14.7 Å². The van der Waals surface area contributed by atoms with Gasteiger partial charge in [-0.25, -0.2) is 0 Å². The molecule has 0 bridgehead atoms. The summed E-state index contributed by atoms with van der Waals surface area (Å²) in [4.78, 5) is 14.0. The number of benzene rings is 2. The largest absolute Gasteiger partial charge is 0.457 e. The van der Waals surface area contributed by atoms with E-state index in [-0.39, 0.29) is 5.91 Å². The SMILES string of the molecule is O=C(c1cccc(Oc2ccc(Cl)cc2)c1)N1CC[C@H](O)C1. The van der Waals surface area contributed by atoms with E-state index >= 15 is 0 Å². The third kappa shape index (κ3) is 3.40. The average Bonchev–Trinajstić information content (AvgIpc) is 2.96. The number of aliphatic hydroxyl groups excluding tert-OH is 1. The topological polar surface area (TPSA) is 49.8 Å². The van der Waals surface area contributed by atoms with Crippen molar-refractivity contribution >= 4 is 17.5 Å². The number of hydrogen-bond acceptors (Lipinski definition) is 3. The van der Waals surface area contributed by atoms with Gasteiger partial charge in [0.25, 0.3) is 5.91 Å². The predicted octanol–water partition coefficient (Wildman–Crippen LogP) is 3.34. The van der Waals surface area contributed by atoms with Gasteiger partial charge in [0.1, 0.15) is 11.5 Å². The van der Waals surface area contributed by atoms with Gasteiger partial charge in [-0.15, -0.1) is 0 Å². The highest BCUT2D eigenvalue weighted by molar-refractivity contribution is 6.30. The summed E-state index contributed by atoms with van der Waals surface area (Å²) in [5, 5.41) is 10.2. The van der Waals surface area contributed by atoms with Crippen molar-refractivity contribution in [1.29, 1.82) is 0 Å². The van der Waals surface area contributed by atoms with Crippen molar-refractivity contribution in [2.75, 3.05) is 13.1 Å². The van der Waals surface area contributed by atoms with Crippen LogP contribution in [0.2, 0.25) is 5.02 Å². The maximum Gasteiger partial charge on any atom is 0.254 e.